The van der Waals surface area contributed by atoms with Gasteiger partial charge < -0.3 is 4.90 Å². The second-order valence-electron chi connectivity index (χ2n) is 6.53. The largest absolute Gasteiger partial charge is 0.338 e. The molecule has 1 aromatic heterocycles. The molecule has 1 aliphatic rings. The maximum absolute atomic E-state index is 12.4. The first-order valence-electron chi connectivity index (χ1n) is 8.18. The summed E-state index contributed by atoms with van der Waals surface area (Å²) in [7, 11) is 1.89. The van der Waals surface area contributed by atoms with Gasteiger partial charge in [-0.25, -0.2) is 14.7 Å². The Bertz CT molecular complexity index is 814. The van der Waals surface area contributed by atoms with E-state index in [1.54, 1.807) is 25.2 Å². The Labute approximate surface area is 149 Å². The Balaban J connectivity index is 1.77. The third-order valence-corrected chi connectivity index (χ3v) is 5.65. The molecular weight excluding hydrogens is 340 g/mol. The minimum Gasteiger partial charge on any atom is -0.312 e. The highest BCUT2D eigenvalue weighted by molar-refractivity contribution is 7.18. The zero-order chi connectivity index (χ0) is 18.3. The summed E-state index contributed by atoms with van der Waals surface area (Å²) in [6.07, 6.45) is 0. The van der Waals surface area contributed by atoms with E-state index in [1.165, 1.54) is 0 Å². The molecule has 2 aromatic rings. The van der Waals surface area contributed by atoms with Gasteiger partial charge in [-0.15, -0.1) is 11.3 Å². The van der Waals surface area contributed by atoms with Crippen LogP contribution in [0.25, 0.3) is 10.2 Å². The number of urea groups is 1. The van der Waals surface area contributed by atoms with Crippen LogP contribution in [0, 0.1) is 0 Å². The number of carbonyl (C=O) groups excluding carboxylic acids is 3. The number of nitrogens with one attached hydrogen (secondary N) is 1. The molecule has 0 radical (unpaired) electrons. The molecule has 2 atom stereocenters. The molecule has 1 aliphatic heterocycles. The number of fused-ring (bicyclic) bond motifs is 1. The molecule has 1 saturated heterocycles. The highest BCUT2D eigenvalue weighted by atomic mass is 32.1. The Hall–Kier alpha value is -2.32. The fourth-order valence-corrected chi connectivity index (χ4v) is 3.90. The van der Waals surface area contributed by atoms with Gasteiger partial charge in [0.15, 0.2) is 11.7 Å². The zero-order valence-corrected chi connectivity index (χ0v) is 15.5. The van der Waals surface area contributed by atoms with Crippen LogP contribution in [-0.4, -0.2) is 52.4 Å². The van der Waals surface area contributed by atoms with Crippen LogP contribution in [0.3, 0.4) is 0 Å². The first-order valence-corrected chi connectivity index (χ1v) is 8.99. The maximum Gasteiger partial charge on any atom is 0.338 e. The standard InChI is InChI=1S/C17H20N4O3S/c1-10(2)21-16(23)15(22)20(17(21)24)9-19(4)11(3)14-18-12-7-5-6-8-13(12)25-14/h5-8,10-11H,9H2,1-4H3/p+1/t11-/m0/s1. The van der Waals surface area contributed by atoms with E-state index in [-0.39, 0.29) is 18.8 Å². The predicted octanol–water partition coefficient (Wildman–Crippen LogP) is 1.03. The fraction of sp³-hybridized carbons (Fsp3) is 0.412. The van der Waals surface area contributed by atoms with Gasteiger partial charge >= 0.3 is 17.8 Å². The number of para-hydroxylation sites is 1. The molecule has 2 heterocycles. The normalized spacial score (nSPS) is 17.9. The quantitative estimate of drug-likeness (QED) is 0.638. The minimum atomic E-state index is -0.755. The number of hydrogen-bond donors (Lipinski definition) is 1. The Morgan fingerprint density at radius 3 is 2.40 bits per heavy atom. The van der Waals surface area contributed by atoms with Gasteiger partial charge in [0, 0.05) is 6.04 Å². The van der Waals surface area contributed by atoms with Gasteiger partial charge in [0.25, 0.3) is 0 Å². The minimum absolute atomic E-state index is 0.0128. The molecule has 7 nitrogen and oxygen atoms in total. The van der Waals surface area contributed by atoms with Gasteiger partial charge in [0.1, 0.15) is 6.04 Å². The van der Waals surface area contributed by atoms with Crippen LogP contribution in [0.2, 0.25) is 0 Å². The molecule has 25 heavy (non-hydrogen) atoms. The third kappa shape index (κ3) is 3.03. The van der Waals surface area contributed by atoms with Gasteiger partial charge in [0.2, 0.25) is 0 Å². The lowest BCUT2D eigenvalue weighted by Crippen LogP contribution is -3.10. The van der Waals surface area contributed by atoms with Crippen LogP contribution in [0.5, 0.6) is 0 Å². The van der Waals surface area contributed by atoms with Crippen molar-refractivity contribution in [2.45, 2.75) is 32.9 Å². The van der Waals surface area contributed by atoms with Crippen molar-refractivity contribution in [3.63, 3.8) is 0 Å². The van der Waals surface area contributed by atoms with Crippen molar-refractivity contribution in [3.8, 4) is 0 Å². The summed E-state index contributed by atoms with van der Waals surface area (Å²) in [6.45, 7) is 5.56. The van der Waals surface area contributed by atoms with Gasteiger partial charge in [-0.3, -0.25) is 14.5 Å². The van der Waals surface area contributed by atoms with E-state index in [0.717, 1.165) is 29.9 Å². The molecule has 1 aromatic carbocycles. The highest BCUT2D eigenvalue weighted by Crippen LogP contribution is 2.25. The van der Waals surface area contributed by atoms with Crippen LogP contribution in [-0.2, 0) is 9.59 Å². The number of amides is 4. The van der Waals surface area contributed by atoms with Crippen molar-refractivity contribution < 1.29 is 19.3 Å². The lowest BCUT2D eigenvalue weighted by Gasteiger charge is -2.24. The van der Waals surface area contributed by atoms with E-state index in [2.05, 4.69) is 4.98 Å². The summed E-state index contributed by atoms with van der Waals surface area (Å²) in [6, 6.07) is 7.01. The molecule has 8 heteroatoms. The van der Waals surface area contributed by atoms with Crippen LogP contribution >= 0.6 is 11.3 Å². The van der Waals surface area contributed by atoms with Crippen LogP contribution < -0.4 is 4.90 Å². The summed E-state index contributed by atoms with van der Waals surface area (Å²) < 4.78 is 1.10. The van der Waals surface area contributed by atoms with Crippen molar-refractivity contribution in [2.24, 2.45) is 0 Å². The summed E-state index contributed by atoms with van der Waals surface area (Å²) in [5, 5.41) is 0.935. The van der Waals surface area contributed by atoms with E-state index in [9.17, 15) is 14.4 Å². The number of imide groups is 2. The molecule has 0 saturated carbocycles. The van der Waals surface area contributed by atoms with Crippen LogP contribution in [0.4, 0.5) is 4.79 Å². The molecule has 0 spiro atoms. The molecular formula is C17H21N4O3S+. The number of carbonyl (C=O) groups is 3. The fourth-order valence-electron chi connectivity index (χ4n) is 2.79. The van der Waals surface area contributed by atoms with E-state index >= 15 is 0 Å². The zero-order valence-electron chi connectivity index (χ0n) is 14.6. The number of aromatic nitrogens is 1. The monoisotopic (exact) mass is 361 g/mol. The SMILES string of the molecule is CC(C)N1C(=O)C(=O)N(C[NH+](C)[C@@H](C)c2nc3ccccc3s2)C1=O. The summed E-state index contributed by atoms with van der Waals surface area (Å²) >= 11 is 1.60. The molecule has 1 unspecified atom stereocenters. The topological polar surface area (TPSA) is 75.0 Å². The van der Waals surface area contributed by atoms with E-state index in [1.807, 2.05) is 38.2 Å². The number of rotatable bonds is 5. The summed E-state index contributed by atoms with van der Waals surface area (Å²) in [5.41, 5.74) is 0.941. The number of hydrogen-bond acceptors (Lipinski definition) is 5. The Morgan fingerprint density at radius 1 is 1.12 bits per heavy atom. The van der Waals surface area contributed by atoms with Gasteiger partial charge in [-0.1, -0.05) is 12.1 Å². The maximum atomic E-state index is 12.4. The van der Waals surface area contributed by atoms with Gasteiger partial charge in [0.05, 0.1) is 17.3 Å². The average molecular weight is 361 g/mol. The first kappa shape index (κ1) is 17.5. The summed E-state index contributed by atoms with van der Waals surface area (Å²) in [4.78, 5) is 44.1. The first-order chi connectivity index (χ1) is 11.8. The average Bonchev–Trinajstić information content (AvgIpc) is 3.09. The summed E-state index contributed by atoms with van der Waals surface area (Å²) in [5.74, 6) is -1.50. The number of nitrogens with zero attached hydrogens (tertiary/aromatic N) is 3. The third-order valence-electron chi connectivity index (χ3n) is 4.43. The number of quaternary nitrogens is 1. The Morgan fingerprint density at radius 2 is 1.80 bits per heavy atom. The van der Waals surface area contributed by atoms with Crippen molar-refractivity contribution in [1.29, 1.82) is 0 Å². The smallest absolute Gasteiger partial charge is 0.312 e. The molecule has 1 N–H and O–H groups in total. The van der Waals surface area contributed by atoms with E-state index < -0.39 is 17.8 Å². The second-order valence-corrected chi connectivity index (χ2v) is 7.59. The highest BCUT2D eigenvalue weighted by Gasteiger charge is 2.47. The van der Waals surface area contributed by atoms with Gasteiger partial charge in [-0.05, 0) is 32.9 Å². The van der Waals surface area contributed by atoms with Crippen molar-refractivity contribution >= 4 is 39.4 Å². The van der Waals surface area contributed by atoms with Gasteiger partial charge in [-0.2, -0.15) is 0 Å². The lowest BCUT2D eigenvalue weighted by atomic mass is 10.3. The van der Waals surface area contributed by atoms with Crippen molar-refractivity contribution in [1.82, 2.24) is 14.8 Å². The lowest BCUT2D eigenvalue weighted by molar-refractivity contribution is -0.917. The van der Waals surface area contributed by atoms with E-state index in [4.69, 9.17) is 0 Å². The second kappa shape index (κ2) is 6.53. The molecule has 132 valence electrons. The predicted molar refractivity (Wildman–Crippen MR) is 94.0 cm³/mol. The molecule has 0 bridgehead atoms. The number of thiazole rings is 1. The van der Waals surface area contributed by atoms with Crippen LogP contribution in [0.1, 0.15) is 31.8 Å². The molecule has 0 aliphatic carbocycles. The molecule has 3 rings (SSSR count). The molecule has 1 fully saturated rings. The van der Waals surface area contributed by atoms with Crippen molar-refractivity contribution in [2.75, 3.05) is 13.7 Å². The van der Waals surface area contributed by atoms with Crippen LogP contribution in [0.15, 0.2) is 24.3 Å². The Kier molecular flexibility index (Phi) is 4.57. The van der Waals surface area contributed by atoms with E-state index in [0.29, 0.717) is 0 Å². The number of benzene rings is 1. The van der Waals surface area contributed by atoms with Crippen molar-refractivity contribution in [3.05, 3.63) is 29.3 Å². The molecule has 4 amide bonds.